The monoisotopic (exact) mass is 294 g/mol. The molecule has 0 aromatic heterocycles. The van der Waals surface area contributed by atoms with Crippen molar-refractivity contribution in [3.63, 3.8) is 0 Å². The molecule has 16 heavy (non-hydrogen) atoms. The molecule has 0 bridgehead atoms. The summed E-state index contributed by atoms with van der Waals surface area (Å²) in [7, 11) is 0. The molecule has 1 aromatic carbocycles. The second kappa shape index (κ2) is 6.68. The summed E-state index contributed by atoms with van der Waals surface area (Å²) in [5.41, 5.74) is 0.182. The van der Waals surface area contributed by atoms with Crippen LogP contribution >= 0.6 is 23.2 Å². The second-order valence-electron chi connectivity index (χ2n) is 2.82. The van der Waals surface area contributed by atoms with E-state index in [0.717, 1.165) is 6.08 Å². The largest absolute Gasteiger partial charge is 1.00 e. The molecule has 1 nitrogen and oxygen atoms in total. The van der Waals surface area contributed by atoms with Crippen LogP contribution in [0.2, 0.25) is 10.0 Å². The number of rotatable bonds is 2. The minimum Gasteiger partial charge on any atom is -0.505 e. The third kappa shape index (κ3) is 5.44. The van der Waals surface area contributed by atoms with Crippen LogP contribution in [-0.2, 0) is 0 Å². The van der Waals surface area contributed by atoms with Crippen LogP contribution in [0.15, 0.2) is 18.1 Å². The van der Waals surface area contributed by atoms with E-state index in [4.69, 9.17) is 28.3 Å². The van der Waals surface area contributed by atoms with Gasteiger partial charge in [0.05, 0.1) is 10.0 Å². The van der Waals surface area contributed by atoms with Crippen molar-refractivity contribution in [2.24, 2.45) is 0 Å². The Morgan fingerprint density at radius 2 is 1.56 bits per heavy atom. The number of phenols is 1. The van der Waals surface area contributed by atoms with Gasteiger partial charge < -0.3 is 18.1 Å². The Kier molecular flexibility index (Phi) is 7.03. The first kappa shape index (κ1) is 16.8. The van der Waals surface area contributed by atoms with Crippen LogP contribution in [-0.4, -0.2) is 12.1 Å². The number of halogens is 5. The predicted molar refractivity (Wildman–Crippen MR) is 56.2 cm³/mol. The van der Waals surface area contributed by atoms with E-state index in [1.54, 1.807) is 0 Å². The average molecular weight is 295 g/mol. The molecule has 0 saturated heterocycles. The molecular formula is C8H5BCl2F3KO. The Hall–Kier alpha value is 0.831. The standard InChI is InChI=1S/C8H5BCl2F3O.K/c10-6-3-5(1-2-9(12,13)14)4-7(11)8(6)15;/h1-4,15H;/q-1;+1/b2-1+;. The van der Waals surface area contributed by atoms with E-state index in [-0.39, 0.29) is 78.7 Å². The summed E-state index contributed by atoms with van der Waals surface area (Å²) < 4.78 is 35.6. The van der Waals surface area contributed by atoms with Crippen molar-refractivity contribution in [2.75, 3.05) is 0 Å². The smallest absolute Gasteiger partial charge is 0.505 e. The SMILES string of the molecule is Oc1c(Cl)cc(/C=C/[B-](F)(F)F)cc1Cl.[K+]. The minimum atomic E-state index is -4.99. The maximum Gasteiger partial charge on any atom is 1.00 e. The van der Waals surface area contributed by atoms with E-state index >= 15 is 0 Å². The van der Waals surface area contributed by atoms with Crippen LogP contribution in [0.3, 0.4) is 0 Å². The molecule has 1 aromatic rings. The minimum absolute atomic E-state index is 0. The van der Waals surface area contributed by atoms with Crippen LogP contribution in [0.4, 0.5) is 12.9 Å². The summed E-state index contributed by atoms with van der Waals surface area (Å²) in [5.74, 6) is -0.216. The van der Waals surface area contributed by atoms with Crippen molar-refractivity contribution in [3.8, 4) is 5.75 Å². The van der Waals surface area contributed by atoms with Crippen LogP contribution in [0.5, 0.6) is 5.75 Å². The number of aromatic hydroxyl groups is 1. The van der Waals surface area contributed by atoms with Gasteiger partial charge in [0, 0.05) is 0 Å². The average Bonchev–Trinajstić information content (AvgIpc) is 2.09. The molecule has 0 aliphatic carbocycles. The van der Waals surface area contributed by atoms with Crippen molar-refractivity contribution < 1.29 is 69.4 Å². The van der Waals surface area contributed by atoms with E-state index in [1.807, 2.05) is 0 Å². The fourth-order valence-corrected chi connectivity index (χ4v) is 1.41. The molecular weight excluding hydrogens is 290 g/mol. The van der Waals surface area contributed by atoms with Crippen molar-refractivity contribution in [1.82, 2.24) is 0 Å². The number of hydrogen-bond donors (Lipinski definition) is 1. The molecule has 0 spiro atoms. The van der Waals surface area contributed by atoms with Gasteiger partial charge >= 0.3 is 58.4 Å². The first-order valence-corrected chi connectivity index (χ1v) is 4.62. The van der Waals surface area contributed by atoms with E-state index in [9.17, 15) is 12.9 Å². The first-order chi connectivity index (χ1) is 6.79. The van der Waals surface area contributed by atoms with Crippen LogP contribution in [0.25, 0.3) is 6.08 Å². The molecule has 0 heterocycles. The van der Waals surface area contributed by atoms with Crippen LogP contribution in [0, 0.1) is 0 Å². The Morgan fingerprint density at radius 3 is 1.94 bits per heavy atom. The normalized spacial score (nSPS) is 11.6. The zero-order valence-corrected chi connectivity index (χ0v) is 12.9. The quantitative estimate of drug-likeness (QED) is 0.810. The molecule has 1 rings (SSSR count). The fourth-order valence-electron chi connectivity index (χ4n) is 0.902. The van der Waals surface area contributed by atoms with Gasteiger partial charge in [0.15, 0.2) is 5.75 Å². The third-order valence-electron chi connectivity index (χ3n) is 1.55. The molecule has 0 fully saturated rings. The van der Waals surface area contributed by atoms with Crippen LogP contribution in [0.1, 0.15) is 5.56 Å². The molecule has 8 heteroatoms. The number of hydrogen-bond acceptors (Lipinski definition) is 1. The van der Waals surface area contributed by atoms with Crippen molar-refractivity contribution in [3.05, 3.63) is 33.7 Å². The Balaban J connectivity index is 0.00000225. The Bertz CT molecular complexity index is 386. The van der Waals surface area contributed by atoms with Crippen molar-refractivity contribution >= 4 is 36.3 Å². The summed E-state index contributed by atoms with van der Waals surface area (Å²) in [6.45, 7) is -4.99. The van der Waals surface area contributed by atoms with E-state index in [2.05, 4.69) is 0 Å². The Morgan fingerprint density at radius 1 is 1.12 bits per heavy atom. The fraction of sp³-hybridized carbons (Fsp3) is 0. The van der Waals surface area contributed by atoms with Gasteiger partial charge in [-0.1, -0.05) is 29.3 Å². The van der Waals surface area contributed by atoms with Gasteiger partial charge in [-0.05, 0) is 17.7 Å². The molecule has 0 aliphatic rings. The zero-order valence-electron chi connectivity index (χ0n) is 8.22. The van der Waals surface area contributed by atoms with Gasteiger partial charge in [0.25, 0.3) is 0 Å². The van der Waals surface area contributed by atoms with Crippen LogP contribution < -0.4 is 51.4 Å². The molecule has 1 N–H and O–H groups in total. The van der Waals surface area contributed by atoms with E-state index in [0.29, 0.717) is 0 Å². The van der Waals surface area contributed by atoms with Gasteiger partial charge in [-0.15, -0.1) is 5.98 Å². The number of benzene rings is 1. The molecule has 0 saturated carbocycles. The summed E-state index contributed by atoms with van der Waals surface area (Å²) in [5, 5.41) is 8.98. The summed E-state index contributed by atoms with van der Waals surface area (Å²) in [4.78, 5) is 0. The van der Waals surface area contributed by atoms with E-state index < -0.39 is 6.98 Å². The molecule has 0 aliphatic heterocycles. The van der Waals surface area contributed by atoms with E-state index in [1.165, 1.54) is 12.1 Å². The molecule has 0 amide bonds. The number of phenolic OH excluding ortho intramolecular Hbond substituents is 1. The zero-order chi connectivity index (χ0) is 11.6. The second-order valence-corrected chi connectivity index (χ2v) is 3.63. The summed E-state index contributed by atoms with van der Waals surface area (Å²) in [6, 6.07) is 2.39. The Labute approximate surface area is 143 Å². The van der Waals surface area contributed by atoms with Crippen molar-refractivity contribution in [1.29, 1.82) is 0 Å². The maximum atomic E-state index is 11.9. The topological polar surface area (TPSA) is 20.2 Å². The molecule has 82 valence electrons. The summed E-state index contributed by atoms with van der Waals surface area (Å²) in [6.07, 6.45) is 0.844. The predicted octanol–water partition coefficient (Wildman–Crippen LogP) is 1.10. The van der Waals surface area contributed by atoms with Crippen molar-refractivity contribution in [2.45, 2.75) is 0 Å². The molecule has 0 atom stereocenters. The molecule has 0 radical (unpaired) electrons. The molecule has 0 unspecified atom stereocenters. The summed E-state index contributed by atoms with van der Waals surface area (Å²) >= 11 is 11.0. The van der Waals surface area contributed by atoms with Gasteiger partial charge in [-0.25, -0.2) is 0 Å². The first-order valence-electron chi connectivity index (χ1n) is 3.87. The van der Waals surface area contributed by atoms with Gasteiger partial charge in [0.1, 0.15) is 0 Å². The van der Waals surface area contributed by atoms with Gasteiger partial charge in [0.2, 0.25) is 0 Å². The third-order valence-corrected chi connectivity index (χ3v) is 2.12. The van der Waals surface area contributed by atoms with Gasteiger partial charge in [-0.3, -0.25) is 0 Å². The maximum absolute atomic E-state index is 11.9. The van der Waals surface area contributed by atoms with Gasteiger partial charge in [-0.2, -0.15) is 0 Å².